The van der Waals surface area contributed by atoms with Crippen molar-refractivity contribution in [1.82, 2.24) is 10.3 Å². The quantitative estimate of drug-likeness (QED) is 0.889. The lowest BCUT2D eigenvalue weighted by Crippen LogP contribution is -2.16. The molecule has 6 heteroatoms. The second-order valence-corrected chi connectivity index (χ2v) is 6.16. The van der Waals surface area contributed by atoms with Crippen LogP contribution < -0.4 is 19.5 Å². The van der Waals surface area contributed by atoms with Crippen LogP contribution in [0.4, 0.5) is 0 Å². The molecule has 2 heterocycles. The van der Waals surface area contributed by atoms with Crippen molar-refractivity contribution in [2.24, 2.45) is 0 Å². The molecule has 2 aliphatic rings. The first kappa shape index (κ1) is 12.9. The maximum atomic E-state index is 5.93. The van der Waals surface area contributed by atoms with E-state index in [1.807, 2.05) is 17.5 Å². The molecule has 1 fully saturated rings. The molecule has 0 radical (unpaired) electrons. The van der Waals surface area contributed by atoms with Crippen molar-refractivity contribution in [3.8, 4) is 17.2 Å². The van der Waals surface area contributed by atoms with Gasteiger partial charge in [-0.25, -0.2) is 4.98 Å². The van der Waals surface area contributed by atoms with Gasteiger partial charge in [-0.05, 0) is 18.9 Å². The summed E-state index contributed by atoms with van der Waals surface area (Å²) in [6, 6.07) is 4.58. The molecule has 21 heavy (non-hydrogen) atoms. The normalized spacial score (nSPS) is 16.2. The highest BCUT2D eigenvalue weighted by Crippen LogP contribution is 2.38. The predicted molar refractivity (Wildman–Crippen MR) is 78.9 cm³/mol. The molecule has 0 unspecified atom stereocenters. The summed E-state index contributed by atoms with van der Waals surface area (Å²) < 4.78 is 16.8. The number of rotatable bonds is 6. The molecule has 5 nitrogen and oxygen atoms in total. The number of ether oxygens (including phenoxy) is 3. The van der Waals surface area contributed by atoms with E-state index in [0.29, 0.717) is 12.6 Å². The van der Waals surface area contributed by atoms with Gasteiger partial charge in [-0.1, -0.05) is 0 Å². The minimum absolute atomic E-state index is 0.279. The topological polar surface area (TPSA) is 52.6 Å². The van der Waals surface area contributed by atoms with E-state index in [2.05, 4.69) is 10.3 Å². The Morgan fingerprint density at radius 2 is 2.14 bits per heavy atom. The summed E-state index contributed by atoms with van der Waals surface area (Å²) in [4.78, 5) is 4.24. The lowest BCUT2D eigenvalue weighted by Gasteiger charge is -2.12. The molecular formula is C15H16N2O3S. The Morgan fingerprint density at radius 3 is 2.90 bits per heavy atom. The largest absolute Gasteiger partial charge is 0.486 e. The fraction of sp³-hybridized carbons (Fsp3) is 0.400. The van der Waals surface area contributed by atoms with Gasteiger partial charge in [-0.15, -0.1) is 11.3 Å². The van der Waals surface area contributed by atoms with Crippen molar-refractivity contribution in [3.05, 3.63) is 34.3 Å². The molecule has 0 saturated heterocycles. The minimum Gasteiger partial charge on any atom is -0.486 e. The zero-order valence-electron chi connectivity index (χ0n) is 11.5. The summed E-state index contributed by atoms with van der Waals surface area (Å²) >= 11 is 1.59. The maximum absolute atomic E-state index is 5.93. The van der Waals surface area contributed by atoms with Gasteiger partial charge in [0, 0.05) is 35.8 Å². The second kappa shape index (κ2) is 5.54. The van der Waals surface area contributed by atoms with Crippen LogP contribution in [0.2, 0.25) is 0 Å². The maximum Gasteiger partial charge on any atom is 0.231 e. The predicted octanol–water partition coefficient (Wildman–Crippen LogP) is 2.70. The number of hydrogen-bond acceptors (Lipinski definition) is 6. The molecule has 0 bridgehead atoms. The molecule has 0 amide bonds. The van der Waals surface area contributed by atoms with Crippen LogP contribution in [0.5, 0.6) is 17.2 Å². The van der Waals surface area contributed by atoms with Gasteiger partial charge in [0.25, 0.3) is 0 Å². The lowest BCUT2D eigenvalue weighted by molar-refractivity contribution is 0.173. The first-order valence-electron chi connectivity index (χ1n) is 7.05. The van der Waals surface area contributed by atoms with E-state index < -0.39 is 0 Å². The van der Waals surface area contributed by atoms with E-state index >= 15 is 0 Å². The Labute approximate surface area is 126 Å². The van der Waals surface area contributed by atoms with Gasteiger partial charge in [0.2, 0.25) is 6.79 Å². The van der Waals surface area contributed by atoms with Gasteiger partial charge < -0.3 is 19.5 Å². The van der Waals surface area contributed by atoms with Gasteiger partial charge in [-0.3, -0.25) is 0 Å². The highest BCUT2D eigenvalue weighted by molar-refractivity contribution is 7.09. The molecule has 4 rings (SSSR count). The van der Waals surface area contributed by atoms with Crippen LogP contribution in [0.3, 0.4) is 0 Å². The third-order valence-electron chi connectivity index (χ3n) is 3.55. The third-order valence-corrected chi connectivity index (χ3v) is 4.30. The molecule has 2 aromatic rings. The SMILES string of the molecule is c1csc(COc2cc3c(cc2CNC2CC2)OCO3)n1. The summed E-state index contributed by atoms with van der Waals surface area (Å²) in [5.41, 5.74) is 1.10. The average molecular weight is 304 g/mol. The van der Waals surface area contributed by atoms with Crippen molar-refractivity contribution < 1.29 is 14.2 Å². The van der Waals surface area contributed by atoms with Crippen LogP contribution in [-0.2, 0) is 13.2 Å². The molecule has 1 aliphatic carbocycles. The average Bonchev–Trinajstić information content (AvgIpc) is 3.00. The fourth-order valence-electron chi connectivity index (χ4n) is 2.24. The van der Waals surface area contributed by atoms with E-state index in [4.69, 9.17) is 14.2 Å². The summed E-state index contributed by atoms with van der Waals surface area (Å²) in [6.07, 6.45) is 4.32. The van der Waals surface area contributed by atoms with Crippen LogP contribution in [0.25, 0.3) is 0 Å². The molecule has 110 valence electrons. The number of hydrogen-bond donors (Lipinski definition) is 1. The minimum atomic E-state index is 0.279. The zero-order chi connectivity index (χ0) is 14.1. The molecule has 0 atom stereocenters. The highest BCUT2D eigenvalue weighted by atomic mass is 32.1. The molecule has 1 aromatic heterocycles. The van der Waals surface area contributed by atoms with Crippen LogP contribution in [0.15, 0.2) is 23.7 Å². The molecule has 1 aliphatic heterocycles. The molecule has 1 N–H and O–H groups in total. The van der Waals surface area contributed by atoms with Crippen molar-refractivity contribution in [2.75, 3.05) is 6.79 Å². The number of nitrogens with one attached hydrogen (secondary N) is 1. The fourth-order valence-corrected chi connectivity index (χ4v) is 2.77. The summed E-state index contributed by atoms with van der Waals surface area (Å²) in [6.45, 7) is 1.54. The smallest absolute Gasteiger partial charge is 0.231 e. The van der Waals surface area contributed by atoms with Crippen LogP contribution >= 0.6 is 11.3 Å². The van der Waals surface area contributed by atoms with Crippen LogP contribution in [0.1, 0.15) is 23.4 Å². The van der Waals surface area contributed by atoms with Gasteiger partial charge in [0.05, 0.1) is 0 Å². The van der Waals surface area contributed by atoms with Crippen molar-refractivity contribution >= 4 is 11.3 Å². The van der Waals surface area contributed by atoms with Crippen molar-refractivity contribution in [3.63, 3.8) is 0 Å². The molecular weight excluding hydrogens is 288 g/mol. The lowest BCUT2D eigenvalue weighted by atomic mass is 10.1. The third kappa shape index (κ3) is 2.96. The number of benzene rings is 1. The van der Waals surface area contributed by atoms with E-state index in [0.717, 1.165) is 34.4 Å². The summed E-state index contributed by atoms with van der Waals surface area (Å²) in [5.74, 6) is 2.38. The van der Waals surface area contributed by atoms with Crippen LogP contribution in [-0.4, -0.2) is 17.8 Å². The van der Waals surface area contributed by atoms with Gasteiger partial charge in [0.15, 0.2) is 11.5 Å². The van der Waals surface area contributed by atoms with E-state index in [9.17, 15) is 0 Å². The highest BCUT2D eigenvalue weighted by Gasteiger charge is 2.23. The monoisotopic (exact) mass is 304 g/mol. The Bertz CT molecular complexity index is 626. The van der Waals surface area contributed by atoms with Crippen LogP contribution in [0, 0.1) is 0 Å². The number of fused-ring (bicyclic) bond motifs is 1. The first-order valence-corrected chi connectivity index (χ1v) is 7.93. The van der Waals surface area contributed by atoms with Gasteiger partial charge >= 0.3 is 0 Å². The standard InChI is InChI=1S/C15H16N2O3S/c1-2-11(1)17-7-10-5-13-14(20-9-19-13)6-12(10)18-8-15-16-3-4-21-15/h3-6,11,17H,1-2,7-9H2. The van der Waals surface area contributed by atoms with Crippen molar-refractivity contribution in [1.29, 1.82) is 0 Å². The Kier molecular flexibility index (Phi) is 3.40. The molecule has 1 aromatic carbocycles. The molecule has 1 saturated carbocycles. The van der Waals surface area contributed by atoms with E-state index in [1.165, 1.54) is 12.8 Å². The van der Waals surface area contributed by atoms with Crippen molar-refractivity contribution in [2.45, 2.75) is 32.0 Å². The zero-order valence-corrected chi connectivity index (χ0v) is 12.3. The summed E-state index contributed by atoms with van der Waals surface area (Å²) in [5, 5.41) is 6.43. The Balaban J connectivity index is 1.53. The Hall–Kier alpha value is -1.79. The number of thiazole rings is 1. The number of nitrogens with zero attached hydrogens (tertiary/aromatic N) is 1. The summed E-state index contributed by atoms with van der Waals surface area (Å²) in [7, 11) is 0. The Morgan fingerprint density at radius 1 is 1.29 bits per heavy atom. The second-order valence-electron chi connectivity index (χ2n) is 5.18. The van der Waals surface area contributed by atoms with E-state index in [1.54, 1.807) is 17.5 Å². The first-order chi connectivity index (χ1) is 10.4. The molecule has 0 spiro atoms. The van der Waals surface area contributed by atoms with E-state index in [-0.39, 0.29) is 6.79 Å². The van der Waals surface area contributed by atoms with Gasteiger partial charge in [0.1, 0.15) is 17.4 Å². The van der Waals surface area contributed by atoms with Gasteiger partial charge in [-0.2, -0.15) is 0 Å². The number of aromatic nitrogens is 1.